The topological polar surface area (TPSA) is 107 Å². The smallest absolute Gasteiger partial charge is 0.417 e. The van der Waals surface area contributed by atoms with Crippen LogP contribution in [0.15, 0.2) is 60.8 Å². The Bertz CT molecular complexity index is 1300. The van der Waals surface area contributed by atoms with Crippen molar-refractivity contribution in [2.45, 2.75) is 19.0 Å². The number of ether oxygens (including phenoxy) is 2. The summed E-state index contributed by atoms with van der Waals surface area (Å²) < 4.78 is 49.3. The van der Waals surface area contributed by atoms with E-state index in [0.717, 1.165) is 17.7 Å². The molecule has 1 aromatic heterocycles. The summed E-state index contributed by atoms with van der Waals surface area (Å²) in [6.07, 6.45) is -2.97. The first-order valence-electron chi connectivity index (χ1n) is 10.8. The average Bonchev–Trinajstić information content (AvgIpc) is 2.86. The highest BCUT2D eigenvalue weighted by Crippen LogP contribution is 2.36. The molecule has 2 amide bonds. The molecule has 0 fully saturated rings. The summed E-state index contributed by atoms with van der Waals surface area (Å²) in [4.78, 5) is 39.6. The highest BCUT2D eigenvalue weighted by molar-refractivity contribution is 6.31. The number of amides is 2. The van der Waals surface area contributed by atoms with Crippen LogP contribution in [0.1, 0.15) is 28.0 Å². The molecule has 2 N–H and O–H groups in total. The van der Waals surface area contributed by atoms with Crippen molar-refractivity contribution in [1.29, 1.82) is 0 Å². The van der Waals surface area contributed by atoms with Gasteiger partial charge in [-0.3, -0.25) is 19.4 Å². The summed E-state index contributed by atoms with van der Waals surface area (Å²) in [6, 6.07) is 12.9. The van der Waals surface area contributed by atoms with Crippen molar-refractivity contribution < 1.29 is 37.0 Å². The summed E-state index contributed by atoms with van der Waals surface area (Å²) in [7, 11) is 1.20. The molecule has 12 heteroatoms. The van der Waals surface area contributed by atoms with E-state index in [-0.39, 0.29) is 24.3 Å². The lowest BCUT2D eigenvalue weighted by Gasteiger charge is -2.12. The summed E-state index contributed by atoms with van der Waals surface area (Å²) >= 11 is 5.60. The van der Waals surface area contributed by atoms with Gasteiger partial charge in [0.2, 0.25) is 5.91 Å². The standard InChI is InChI=1S/C25H21ClF3N3O5/c1-36-23(34)14-31-24(35)21-13-18(9-10-30-21)37-17-4-2-3-15(11-17)5-8-22(33)32-16-6-7-20(26)19(12-16)25(27,28)29/h2-4,6-7,9-13H,5,8,14H2,1H3,(H,31,35)(H,32,33). The monoisotopic (exact) mass is 535 g/mol. The Morgan fingerprint density at radius 1 is 1.03 bits per heavy atom. The Morgan fingerprint density at radius 2 is 1.78 bits per heavy atom. The van der Waals surface area contributed by atoms with Crippen LogP contribution in [0.2, 0.25) is 5.02 Å². The number of nitrogens with zero attached hydrogens (tertiary/aromatic N) is 1. The van der Waals surface area contributed by atoms with Gasteiger partial charge in [0.05, 0.1) is 17.7 Å². The van der Waals surface area contributed by atoms with Crippen molar-refractivity contribution in [3.63, 3.8) is 0 Å². The van der Waals surface area contributed by atoms with E-state index in [4.69, 9.17) is 16.3 Å². The molecule has 0 bridgehead atoms. The van der Waals surface area contributed by atoms with Gasteiger partial charge in [0.1, 0.15) is 23.7 Å². The number of rotatable bonds is 9. The van der Waals surface area contributed by atoms with E-state index >= 15 is 0 Å². The van der Waals surface area contributed by atoms with Crippen molar-refractivity contribution in [2.75, 3.05) is 19.0 Å². The number of pyridine rings is 1. The third kappa shape index (κ3) is 8.21. The predicted molar refractivity (Wildman–Crippen MR) is 129 cm³/mol. The molecule has 0 aliphatic heterocycles. The molecule has 0 radical (unpaired) electrons. The van der Waals surface area contributed by atoms with Crippen LogP contribution in [0.25, 0.3) is 0 Å². The molecule has 0 aliphatic carbocycles. The van der Waals surface area contributed by atoms with Gasteiger partial charge in [0.25, 0.3) is 5.91 Å². The minimum Gasteiger partial charge on any atom is -0.468 e. The number of halogens is 4. The third-order valence-electron chi connectivity index (χ3n) is 4.92. The molecule has 2 aromatic carbocycles. The quantitative estimate of drug-likeness (QED) is 0.373. The molecule has 3 aromatic rings. The van der Waals surface area contributed by atoms with Gasteiger partial charge in [0.15, 0.2) is 0 Å². The Labute approximate surface area is 214 Å². The van der Waals surface area contributed by atoms with E-state index in [1.54, 1.807) is 30.3 Å². The number of esters is 1. The second-order valence-corrected chi connectivity index (χ2v) is 8.03. The summed E-state index contributed by atoms with van der Waals surface area (Å²) in [5.41, 5.74) is -0.269. The van der Waals surface area contributed by atoms with Crippen LogP contribution in [-0.2, 0) is 26.9 Å². The second kappa shape index (κ2) is 12.2. The minimum absolute atomic E-state index is 0.00714. The Hall–Kier alpha value is -4.12. The number of aromatic nitrogens is 1. The minimum atomic E-state index is -4.64. The number of hydrogen-bond acceptors (Lipinski definition) is 6. The fraction of sp³-hybridized carbons (Fsp3) is 0.200. The molecule has 1 heterocycles. The van der Waals surface area contributed by atoms with Gasteiger partial charge in [-0.15, -0.1) is 0 Å². The van der Waals surface area contributed by atoms with E-state index in [2.05, 4.69) is 20.4 Å². The zero-order chi connectivity index (χ0) is 27.0. The Morgan fingerprint density at radius 3 is 2.51 bits per heavy atom. The van der Waals surface area contributed by atoms with Crippen molar-refractivity contribution in [1.82, 2.24) is 10.3 Å². The molecular weight excluding hydrogens is 515 g/mol. The zero-order valence-corrected chi connectivity index (χ0v) is 20.2. The number of alkyl halides is 3. The van der Waals surface area contributed by atoms with Crippen LogP contribution in [0.3, 0.4) is 0 Å². The molecule has 0 unspecified atom stereocenters. The van der Waals surface area contributed by atoms with Crippen LogP contribution in [0.5, 0.6) is 11.5 Å². The van der Waals surface area contributed by atoms with E-state index in [1.165, 1.54) is 25.4 Å². The number of anilines is 1. The first kappa shape index (κ1) is 27.5. The maximum absolute atomic E-state index is 13.0. The molecule has 8 nitrogen and oxygen atoms in total. The predicted octanol–water partition coefficient (Wildman–Crippen LogP) is 5.02. The van der Waals surface area contributed by atoms with Gasteiger partial charge in [-0.2, -0.15) is 13.2 Å². The number of methoxy groups -OCH3 is 1. The molecule has 3 rings (SSSR count). The Balaban J connectivity index is 1.58. The van der Waals surface area contributed by atoms with Crippen molar-refractivity contribution in [3.05, 3.63) is 82.6 Å². The van der Waals surface area contributed by atoms with Gasteiger partial charge >= 0.3 is 12.1 Å². The highest BCUT2D eigenvalue weighted by Gasteiger charge is 2.33. The lowest BCUT2D eigenvalue weighted by Crippen LogP contribution is -2.30. The highest BCUT2D eigenvalue weighted by atomic mass is 35.5. The van der Waals surface area contributed by atoms with E-state index in [1.807, 2.05) is 0 Å². The van der Waals surface area contributed by atoms with Crippen molar-refractivity contribution >= 4 is 35.1 Å². The third-order valence-corrected chi connectivity index (χ3v) is 5.24. The number of nitrogens with one attached hydrogen (secondary N) is 2. The van der Waals surface area contributed by atoms with Crippen LogP contribution >= 0.6 is 11.6 Å². The van der Waals surface area contributed by atoms with Crippen LogP contribution < -0.4 is 15.4 Å². The molecule has 194 valence electrons. The first-order chi connectivity index (χ1) is 17.5. The van der Waals surface area contributed by atoms with Crippen LogP contribution in [-0.4, -0.2) is 36.4 Å². The number of carbonyl (C=O) groups is 3. The summed E-state index contributed by atoms with van der Waals surface area (Å²) in [5.74, 6) is -0.920. The first-order valence-corrected chi connectivity index (χ1v) is 11.2. The maximum Gasteiger partial charge on any atom is 0.417 e. The number of aryl methyl sites for hydroxylation is 1. The fourth-order valence-electron chi connectivity index (χ4n) is 3.12. The van der Waals surface area contributed by atoms with E-state index < -0.39 is 34.5 Å². The SMILES string of the molecule is COC(=O)CNC(=O)c1cc(Oc2cccc(CCC(=O)Nc3ccc(Cl)c(C(F)(F)F)c3)c2)ccn1. The number of carbonyl (C=O) groups excluding carboxylic acids is 3. The van der Waals surface area contributed by atoms with Crippen molar-refractivity contribution in [3.8, 4) is 11.5 Å². The second-order valence-electron chi connectivity index (χ2n) is 7.63. The number of hydrogen-bond donors (Lipinski definition) is 2. The molecule has 37 heavy (non-hydrogen) atoms. The van der Waals surface area contributed by atoms with Crippen LogP contribution in [0, 0.1) is 0 Å². The van der Waals surface area contributed by atoms with Gasteiger partial charge in [-0.25, -0.2) is 0 Å². The van der Waals surface area contributed by atoms with Crippen molar-refractivity contribution in [2.24, 2.45) is 0 Å². The normalized spacial score (nSPS) is 10.9. The Kier molecular flexibility index (Phi) is 9.07. The average molecular weight is 536 g/mol. The molecule has 0 saturated carbocycles. The fourth-order valence-corrected chi connectivity index (χ4v) is 3.34. The summed E-state index contributed by atoms with van der Waals surface area (Å²) in [5, 5.41) is 4.36. The maximum atomic E-state index is 13.0. The zero-order valence-electron chi connectivity index (χ0n) is 19.4. The van der Waals surface area contributed by atoms with Gasteiger partial charge < -0.3 is 20.1 Å². The lowest BCUT2D eigenvalue weighted by atomic mass is 10.1. The van der Waals surface area contributed by atoms with Gasteiger partial charge in [-0.05, 0) is 48.4 Å². The molecule has 0 atom stereocenters. The van der Waals surface area contributed by atoms with E-state index in [0.29, 0.717) is 17.9 Å². The molecule has 0 aliphatic rings. The van der Waals surface area contributed by atoms with Crippen LogP contribution in [0.4, 0.5) is 18.9 Å². The molecule has 0 saturated heterocycles. The lowest BCUT2D eigenvalue weighted by molar-refractivity contribution is -0.139. The van der Waals surface area contributed by atoms with Gasteiger partial charge in [0, 0.05) is 24.4 Å². The molecule has 0 spiro atoms. The largest absolute Gasteiger partial charge is 0.468 e. The molecular formula is C25H21ClF3N3O5. The summed E-state index contributed by atoms with van der Waals surface area (Å²) in [6.45, 7) is -0.306. The number of benzene rings is 2. The van der Waals surface area contributed by atoms with Gasteiger partial charge in [-0.1, -0.05) is 23.7 Å². The van der Waals surface area contributed by atoms with E-state index in [9.17, 15) is 27.6 Å².